The van der Waals surface area contributed by atoms with E-state index in [4.69, 9.17) is 4.52 Å². The van der Waals surface area contributed by atoms with Gasteiger partial charge in [-0.3, -0.25) is 4.79 Å². The Balaban J connectivity index is 1.35. The maximum absolute atomic E-state index is 12.9. The topological polar surface area (TPSA) is 105 Å². The van der Waals surface area contributed by atoms with E-state index >= 15 is 0 Å². The van der Waals surface area contributed by atoms with Crippen molar-refractivity contribution in [3.63, 3.8) is 0 Å². The van der Waals surface area contributed by atoms with Gasteiger partial charge in [0.15, 0.2) is 5.69 Å². The van der Waals surface area contributed by atoms with Crippen molar-refractivity contribution in [3.8, 4) is 0 Å². The summed E-state index contributed by atoms with van der Waals surface area (Å²) < 4.78 is 33.9. The van der Waals surface area contributed by atoms with Crippen LogP contribution >= 0.6 is 0 Å². The van der Waals surface area contributed by atoms with E-state index in [0.717, 1.165) is 31.6 Å². The van der Waals surface area contributed by atoms with E-state index in [-0.39, 0.29) is 23.2 Å². The lowest BCUT2D eigenvalue weighted by atomic mass is 10.1. The number of aromatic nitrogens is 1. The Hall–Kier alpha value is -1.71. The number of nitrogens with one attached hydrogen (secondary N) is 2. The average molecular weight is 423 g/mol. The highest BCUT2D eigenvalue weighted by atomic mass is 32.2. The second-order valence-corrected chi connectivity index (χ2v) is 10.6. The van der Waals surface area contributed by atoms with E-state index in [2.05, 4.69) is 20.1 Å². The Bertz CT molecular complexity index is 862. The third-order valence-corrected chi connectivity index (χ3v) is 7.93. The number of sulfonamides is 1. The van der Waals surface area contributed by atoms with E-state index in [0.29, 0.717) is 43.8 Å². The fraction of sp³-hybridized carbons (Fsp3) is 0.700. The third kappa shape index (κ3) is 5.26. The molecule has 1 saturated carbocycles. The van der Waals surface area contributed by atoms with Crippen LogP contribution in [0.4, 0.5) is 0 Å². The van der Waals surface area contributed by atoms with E-state index in [1.807, 2.05) is 19.2 Å². The van der Waals surface area contributed by atoms with Gasteiger partial charge in [-0.15, -0.1) is 0 Å². The molecule has 8 nitrogen and oxygen atoms in total. The zero-order chi connectivity index (χ0) is 20.4. The average Bonchev–Trinajstić information content (AvgIpc) is 3.44. The van der Waals surface area contributed by atoms with Gasteiger partial charge in [-0.05, 0) is 58.5 Å². The van der Waals surface area contributed by atoms with Gasteiger partial charge >= 0.3 is 0 Å². The first kappa shape index (κ1) is 20.6. The first-order valence-electron chi connectivity index (χ1n) is 10.5. The number of nitrogens with zero attached hydrogens (tertiary/aromatic N) is 2. The molecular weight excluding hydrogens is 392 g/mol. The van der Waals surface area contributed by atoms with Crippen molar-refractivity contribution in [1.29, 1.82) is 0 Å². The number of carbonyl (C=O) groups is 1. The van der Waals surface area contributed by atoms with Crippen molar-refractivity contribution < 1.29 is 17.7 Å². The molecule has 1 aromatic heterocycles. The van der Waals surface area contributed by atoms with Gasteiger partial charge in [0.1, 0.15) is 5.76 Å². The van der Waals surface area contributed by atoms with Crippen LogP contribution < -0.4 is 10.0 Å². The third-order valence-electron chi connectivity index (χ3n) is 6.00. The lowest BCUT2D eigenvalue weighted by Gasteiger charge is -2.31. The van der Waals surface area contributed by atoms with Crippen LogP contribution in [0.2, 0.25) is 0 Å². The second-order valence-electron chi connectivity index (χ2n) is 8.62. The summed E-state index contributed by atoms with van der Waals surface area (Å²) in [6.45, 7) is 1.50. The highest BCUT2D eigenvalue weighted by Crippen LogP contribution is 2.40. The molecule has 160 valence electrons. The molecule has 0 bridgehead atoms. The number of hydrogen-bond donors (Lipinski definition) is 2. The van der Waals surface area contributed by atoms with Crippen LogP contribution in [-0.4, -0.2) is 61.9 Å². The van der Waals surface area contributed by atoms with E-state index in [1.165, 1.54) is 0 Å². The normalized spacial score (nSPS) is 28.8. The van der Waals surface area contributed by atoms with Crippen LogP contribution in [0.15, 0.2) is 22.7 Å². The molecule has 0 unspecified atom stereocenters. The molecule has 1 saturated heterocycles. The molecule has 3 aliphatic rings. The van der Waals surface area contributed by atoms with E-state index in [9.17, 15) is 13.2 Å². The predicted octanol–water partition coefficient (Wildman–Crippen LogP) is 1.77. The minimum Gasteiger partial charge on any atom is -0.360 e. The van der Waals surface area contributed by atoms with Gasteiger partial charge in [0.05, 0.1) is 5.25 Å². The summed E-state index contributed by atoms with van der Waals surface area (Å²) in [5, 5.41) is 6.51. The summed E-state index contributed by atoms with van der Waals surface area (Å²) in [5.74, 6) is 0.915. The maximum Gasteiger partial charge on any atom is 0.273 e. The molecule has 2 fully saturated rings. The fourth-order valence-corrected chi connectivity index (χ4v) is 5.96. The molecule has 4 rings (SSSR count). The number of rotatable bonds is 6. The van der Waals surface area contributed by atoms with Gasteiger partial charge in [-0.1, -0.05) is 17.3 Å². The second kappa shape index (κ2) is 8.57. The zero-order valence-electron chi connectivity index (χ0n) is 16.8. The summed E-state index contributed by atoms with van der Waals surface area (Å²) in [6, 6.07) is 1.35. The van der Waals surface area contributed by atoms with Gasteiger partial charge < -0.3 is 14.7 Å². The SMILES string of the molecule is CN1CCC[C@@H](S(=O)(=O)N[C@H]2CC=CC[C@H](NC(=O)c3cc(C4CC4)on3)C2)C1. The van der Waals surface area contributed by atoms with Crippen molar-refractivity contribution in [2.75, 3.05) is 20.1 Å². The first-order chi connectivity index (χ1) is 13.9. The Morgan fingerprint density at radius 3 is 2.69 bits per heavy atom. The monoisotopic (exact) mass is 422 g/mol. The van der Waals surface area contributed by atoms with Crippen LogP contribution in [0.25, 0.3) is 0 Å². The minimum atomic E-state index is -3.40. The predicted molar refractivity (Wildman–Crippen MR) is 109 cm³/mol. The molecule has 9 heteroatoms. The molecule has 1 aliphatic heterocycles. The molecule has 1 amide bonds. The van der Waals surface area contributed by atoms with Crippen LogP contribution in [0.3, 0.4) is 0 Å². The molecule has 1 aromatic rings. The number of piperidine rings is 1. The van der Waals surface area contributed by atoms with Gasteiger partial charge in [0.2, 0.25) is 10.0 Å². The number of likely N-dealkylation sites (tertiary alicyclic amines) is 1. The standard InChI is InChI=1S/C20H30N4O4S/c1-24-10-4-7-17(13-24)29(26,27)23-16-6-3-2-5-15(11-16)21-20(25)18-12-19(28-22-18)14-8-9-14/h2-3,12,14-17,23H,4-11,13H2,1H3,(H,21,25)/t15-,16-,17+/m0/s1. The van der Waals surface area contributed by atoms with Crippen molar-refractivity contribution in [1.82, 2.24) is 20.1 Å². The van der Waals surface area contributed by atoms with Crippen LogP contribution in [0, 0.1) is 0 Å². The Labute approximate surface area is 172 Å². The fourth-order valence-electron chi connectivity index (χ4n) is 4.19. The molecule has 2 N–H and O–H groups in total. The lowest BCUT2D eigenvalue weighted by molar-refractivity contribution is 0.0925. The number of carbonyl (C=O) groups excluding carboxylic acids is 1. The highest BCUT2D eigenvalue weighted by molar-refractivity contribution is 7.90. The smallest absolute Gasteiger partial charge is 0.273 e. The van der Waals surface area contributed by atoms with Crippen LogP contribution in [0.1, 0.15) is 67.1 Å². The van der Waals surface area contributed by atoms with Gasteiger partial charge in [-0.2, -0.15) is 0 Å². The zero-order valence-corrected chi connectivity index (χ0v) is 17.7. The summed E-state index contributed by atoms with van der Waals surface area (Å²) in [5.41, 5.74) is 0.294. The molecule has 0 spiro atoms. The Morgan fingerprint density at radius 1 is 1.21 bits per heavy atom. The molecule has 29 heavy (non-hydrogen) atoms. The first-order valence-corrected chi connectivity index (χ1v) is 12.1. The molecule has 0 radical (unpaired) electrons. The summed E-state index contributed by atoms with van der Waals surface area (Å²) in [4.78, 5) is 14.6. The van der Waals surface area contributed by atoms with E-state index in [1.54, 1.807) is 6.07 Å². The van der Waals surface area contributed by atoms with Gasteiger partial charge in [0, 0.05) is 30.6 Å². The Kier molecular flexibility index (Phi) is 6.08. The minimum absolute atomic E-state index is 0.149. The molecule has 2 heterocycles. The van der Waals surface area contributed by atoms with Crippen molar-refractivity contribution in [2.45, 2.75) is 68.2 Å². The van der Waals surface area contributed by atoms with Crippen LogP contribution in [0.5, 0.6) is 0 Å². The Morgan fingerprint density at radius 2 is 1.97 bits per heavy atom. The summed E-state index contributed by atoms with van der Waals surface area (Å²) in [6.07, 6.45) is 9.61. The summed E-state index contributed by atoms with van der Waals surface area (Å²) in [7, 11) is -1.44. The highest BCUT2D eigenvalue weighted by Gasteiger charge is 2.33. The van der Waals surface area contributed by atoms with Gasteiger partial charge in [0.25, 0.3) is 5.91 Å². The van der Waals surface area contributed by atoms with Crippen molar-refractivity contribution >= 4 is 15.9 Å². The van der Waals surface area contributed by atoms with Crippen LogP contribution in [-0.2, 0) is 10.0 Å². The molecular formula is C20H30N4O4S. The van der Waals surface area contributed by atoms with E-state index < -0.39 is 10.0 Å². The van der Waals surface area contributed by atoms with Crippen molar-refractivity contribution in [2.24, 2.45) is 0 Å². The van der Waals surface area contributed by atoms with Gasteiger partial charge in [-0.25, -0.2) is 13.1 Å². The molecule has 3 atom stereocenters. The quantitative estimate of drug-likeness (QED) is 0.677. The largest absolute Gasteiger partial charge is 0.360 e. The number of hydrogen-bond acceptors (Lipinski definition) is 6. The summed E-state index contributed by atoms with van der Waals surface area (Å²) >= 11 is 0. The molecule has 0 aromatic carbocycles. The van der Waals surface area contributed by atoms with Crippen molar-refractivity contribution in [3.05, 3.63) is 29.7 Å². The number of amides is 1. The maximum atomic E-state index is 12.9. The molecule has 2 aliphatic carbocycles. The lowest BCUT2D eigenvalue weighted by Crippen LogP contribution is -2.49.